The number of para-hydroxylation sites is 2. The van der Waals surface area contributed by atoms with Crippen LogP contribution < -0.4 is 9.62 Å². The quantitative estimate of drug-likeness (QED) is 0.154. The molecule has 9 aromatic carbocycles. The largest absolute Gasteiger partial charge is 0.355 e. The van der Waals surface area contributed by atoms with Crippen LogP contribution in [0.2, 0.25) is 0 Å². The van der Waals surface area contributed by atoms with Crippen LogP contribution in [0.25, 0.3) is 66.8 Å². The molecule has 0 unspecified atom stereocenters. The van der Waals surface area contributed by atoms with Crippen molar-refractivity contribution in [3.63, 3.8) is 0 Å². The maximum atomic E-state index is 3.94. The van der Waals surface area contributed by atoms with Crippen LogP contribution in [-0.2, 0) is 4.75 Å². The molecule has 0 atom stereocenters. The molecule has 0 radical (unpaired) electrons. The first-order valence-electron chi connectivity index (χ1n) is 20.6. The van der Waals surface area contributed by atoms with Crippen molar-refractivity contribution in [1.82, 2.24) is 0 Å². The Morgan fingerprint density at radius 3 is 1.35 bits per heavy atom. The molecule has 2 nitrogen and oxygen atoms in total. The molecule has 1 aliphatic heterocycles. The normalized spacial score (nSPS) is 12.9. The van der Waals surface area contributed by atoms with E-state index in [4.69, 9.17) is 0 Å². The Morgan fingerprint density at radius 1 is 0.383 bits per heavy atom. The summed E-state index contributed by atoms with van der Waals surface area (Å²) < 4.78 is 2.08. The molecule has 1 N–H and O–H groups in total. The van der Waals surface area contributed by atoms with E-state index in [9.17, 15) is 0 Å². The Hall–Kier alpha value is -7.07. The van der Waals surface area contributed by atoms with Crippen LogP contribution in [0.15, 0.2) is 224 Å². The number of hydrogen-bond acceptors (Lipinski definition) is 3. The lowest BCUT2D eigenvalue weighted by molar-refractivity contribution is 0.788. The highest BCUT2D eigenvalue weighted by Gasteiger charge is 2.38. The first-order chi connectivity index (χ1) is 29.5. The van der Waals surface area contributed by atoms with E-state index < -0.39 is 4.75 Å². The van der Waals surface area contributed by atoms with E-state index in [0.29, 0.717) is 0 Å². The first kappa shape index (κ1) is 37.2. The van der Waals surface area contributed by atoms with Crippen LogP contribution in [0.1, 0.15) is 19.4 Å². The van der Waals surface area contributed by atoms with Crippen LogP contribution in [0.5, 0.6) is 0 Å². The van der Waals surface area contributed by atoms with Crippen LogP contribution in [0, 0.1) is 0 Å². The van der Waals surface area contributed by atoms with Gasteiger partial charge in [-0.05, 0) is 136 Å². The predicted octanol–water partition coefficient (Wildman–Crippen LogP) is 16.5. The summed E-state index contributed by atoms with van der Waals surface area (Å²) in [6.45, 7) is 4.79. The van der Waals surface area contributed by atoms with Crippen molar-refractivity contribution >= 4 is 34.7 Å². The summed E-state index contributed by atoms with van der Waals surface area (Å²) in [5, 5.41) is 3.94. The maximum Gasteiger partial charge on any atom is 0.0616 e. The number of rotatable bonds is 8. The molecule has 0 fully saturated rings. The highest BCUT2D eigenvalue weighted by molar-refractivity contribution is 8.01. The zero-order valence-electron chi connectivity index (χ0n) is 33.7. The molecule has 0 saturated carbocycles. The molecule has 3 heteroatoms. The summed E-state index contributed by atoms with van der Waals surface area (Å²) in [6.07, 6.45) is 0. The summed E-state index contributed by atoms with van der Waals surface area (Å²) in [5.74, 6) is 0. The maximum absolute atomic E-state index is 3.94. The molecular formula is C57H44N2S. The Kier molecular flexibility index (Phi) is 9.89. The number of benzene rings is 9. The Bertz CT molecular complexity index is 2910. The van der Waals surface area contributed by atoms with Gasteiger partial charge in [-0.2, -0.15) is 0 Å². The van der Waals surface area contributed by atoms with Gasteiger partial charge in [0.1, 0.15) is 0 Å². The third kappa shape index (κ3) is 7.08. The topological polar surface area (TPSA) is 15.3 Å². The van der Waals surface area contributed by atoms with Crippen LogP contribution in [0.3, 0.4) is 0 Å². The number of nitrogens with zero attached hydrogens (tertiary/aromatic N) is 1. The van der Waals surface area contributed by atoms with E-state index in [1.54, 1.807) is 0 Å². The highest BCUT2D eigenvalue weighted by Crippen LogP contribution is 2.59. The monoisotopic (exact) mass is 788 g/mol. The van der Waals surface area contributed by atoms with Crippen molar-refractivity contribution in [3.05, 3.63) is 230 Å². The van der Waals surface area contributed by atoms with Gasteiger partial charge in [-0.25, -0.2) is 0 Å². The van der Waals surface area contributed by atoms with Crippen molar-refractivity contribution in [2.45, 2.75) is 18.6 Å². The van der Waals surface area contributed by atoms with Crippen LogP contribution in [-0.4, -0.2) is 0 Å². The predicted molar refractivity (Wildman–Crippen MR) is 258 cm³/mol. The third-order valence-corrected chi connectivity index (χ3v) is 12.7. The summed E-state index contributed by atoms with van der Waals surface area (Å²) in [6, 6.07) is 81.2. The molecule has 60 heavy (non-hydrogen) atoms. The van der Waals surface area contributed by atoms with E-state index in [1.165, 1.54) is 72.4 Å². The minimum absolute atomic E-state index is 0.405. The smallest absolute Gasteiger partial charge is 0.0616 e. The number of fused-ring (bicyclic) bond motifs is 3. The fraction of sp³-hybridized carbons (Fsp3) is 0.0526. The fourth-order valence-corrected chi connectivity index (χ4v) is 10.00. The van der Waals surface area contributed by atoms with Crippen molar-refractivity contribution < 1.29 is 0 Å². The van der Waals surface area contributed by atoms with E-state index in [2.05, 4.69) is 248 Å². The lowest BCUT2D eigenvalue weighted by atomic mass is 9.79. The van der Waals surface area contributed by atoms with Crippen molar-refractivity contribution in [3.8, 4) is 66.8 Å². The SMILES string of the molecule is CC1(C)SN(c2ccccc2)c2cc(-c3ccccc3)cc(-c3ccccc3)c2-c2cccc(-c3c(Nc4ccccc4)cc(-c4ccccc4)cc3-c3ccccc3)c21. The standard InChI is InChI=1S/C57H44N2S/c1-57(2)56-48(54-50(42-26-13-5-14-27-42)36-44(40-22-9-3-10-23-40)38-52(54)58-46-30-17-7-18-31-46)34-21-35-49(56)55-51(43-28-15-6-16-29-43)37-45(41-24-11-4-12-25-41)39-53(55)59(60-57)47-32-19-8-20-33-47/h3-39,58H,1-2H3. The van der Waals surface area contributed by atoms with E-state index >= 15 is 0 Å². The Balaban J connectivity index is 1.32. The van der Waals surface area contributed by atoms with Gasteiger partial charge in [0.2, 0.25) is 0 Å². The molecule has 1 aliphatic rings. The van der Waals surface area contributed by atoms with Crippen molar-refractivity contribution in [1.29, 1.82) is 0 Å². The molecule has 0 saturated heterocycles. The Labute approximate surface area is 358 Å². The lowest BCUT2D eigenvalue weighted by Crippen LogP contribution is -2.20. The summed E-state index contributed by atoms with van der Waals surface area (Å²) in [4.78, 5) is 0. The molecule has 0 bridgehead atoms. The van der Waals surface area contributed by atoms with Gasteiger partial charge >= 0.3 is 0 Å². The first-order valence-corrected chi connectivity index (χ1v) is 21.4. The van der Waals surface area contributed by atoms with E-state index in [1.807, 2.05) is 11.9 Å². The van der Waals surface area contributed by atoms with Gasteiger partial charge in [0, 0.05) is 22.5 Å². The lowest BCUT2D eigenvalue weighted by Gasteiger charge is -2.33. The highest BCUT2D eigenvalue weighted by atomic mass is 32.2. The van der Waals surface area contributed by atoms with E-state index in [0.717, 1.165) is 22.6 Å². The molecule has 0 spiro atoms. The summed E-state index contributed by atoms with van der Waals surface area (Å²) in [7, 11) is 0. The fourth-order valence-electron chi connectivity index (χ4n) is 8.76. The number of nitrogens with one attached hydrogen (secondary N) is 1. The molecule has 1 heterocycles. The van der Waals surface area contributed by atoms with Gasteiger partial charge in [-0.1, -0.05) is 176 Å². The second-order valence-corrected chi connectivity index (χ2v) is 17.3. The molecule has 0 amide bonds. The second kappa shape index (κ2) is 15.9. The van der Waals surface area contributed by atoms with E-state index in [-0.39, 0.29) is 0 Å². The second-order valence-electron chi connectivity index (χ2n) is 15.8. The van der Waals surface area contributed by atoms with Gasteiger partial charge in [0.05, 0.1) is 16.1 Å². The van der Waals surface area contributed by atoms with Gasteiger partial charge in [-0.3, -0.25) is 4.31 Å². The van der Waals surface area contributed by atoms with Crippen molar-refractivity contribution in [2.24, 2.45) is 0 Å². The Morgan fingerprint density at radius 2 is 0.817 bits per heavy atom. The number of anilines is 4. The number of hydrogen-bond donors (Lipinski definition) is 1. The van der Waals surface area contributed by atoms with Gasteiger partial charge < -0.3 is 5.32 Å². The summed E-state index contributed by atoms with van der Waals surface area (Å²) >= 11 is 1.89. The average molecular weight is 789 g/mol. The zero-order valence-corrected chi connectivity index (χ0v) is 34.5. The molecule has 9 aromatic rings. The van der Waals surface area contributed by atoms with Gasteiger partial charge in [0.25, 0.3) is 0 Å². The minimum Gasteiger partial charge on any atom is -0.355 e. The summed E-state index contributed by atoms with van der Waals surface area (Å²) in [5.41, 5.74) is 20.0. The minimum atomic E-state index is -0.405. The van der Waals surface area contributed by atoms with Gasteiger partial charge in [0.15, 0.2) is 0 Å². The third-order valence-electron chi connectivity index (χ3n) is 11.4. The van der Waals surface area contributed by atoms with Gasteiger partial charge in [-0.15, -0.1) is 0 Å². The molecule has 0 aromatic heterocycles. The average Bonchev–Trinajstić information content (AvgIpc) is 3.42. The molecule has 288 valence electrons. The van der Waals surface area contributed by atoms with Crippen LogP contribution >= 0.6 is 11.9 Å². The zero-order chi connectivity index (χ0) is 40.5. The molecule has 0 aliphatic carbocycles. The molecular weight excluding hydrogens is 745 g/mol. The van der Waals surface area contributed by atoms with Crippen LogP contribution in [0.4, 0.5) is 22.7 Å². The molecule has 10 rings (SSSR count). The van der Waals surface area contributed by atoms with Crippen molar-refractivity contribution in [2.75, 3.05) is 9.62 Å².